The molecule has 0 saturated heterocycles. The van der Waals surface area contributed by atoms with Gasteiger partial charge in [0.25, 0.3) is 5.16 Å². The van der Waals surface area contributed by atoms with Crippen molar-refractivity contribution >= 4 is 18.1 Å². The van der Waals surface area contributed by atoms with Gasteiger partial charge in [0.1, 0.15) is 12.0 Å². The number of carbonyl (C=O) groups excluding carboxylic acids is 1. The molecule has 22 heavy (non-hydrogen) atoms. The Kier molecular flexibility index (Phi) is 5.37. The molecule has 0 saturated carbocycles. The van der Waals surface area contributed by atoms with Crippen LogP contribution in [0.3, 0.4) is 0 Å². The molecule has 0 N–H and O–H groups in total. The quantitative estimate of drug-likeness (QED) is 0.788. The third kappa shape index (κ3) is 3.76. The van der Waals surface area contributed by atoms with E-state index >= 15 is 0 Å². The third-order valence-corrected chi connectivity index (χ3v) is 3.58. The summed E-state index contributed by atoms with van der Waals surface area (Å²) in [7, 11) is 0. The van der Waals surface area contributed by atoms with Gasteiger partial charge in [0.05, 0.1) is 5.69 Å². The average molecular weight is 321 g/mol. The molecule has 0 radical (unpaired) electrons. The Morgan fingerprint density at radius 2 is 1.82 bits per heavy atom. The van der Waals surface area contributed by atoms with Crippen LogP contribution >= 0.6 is 12.0 Å². The first-order valence-electron chi connectivity index (χ1n) is 7.01. The molecule has 1 amide bonds. The minimum absolute atomic E-state index is 0.0539. The minimum atomic E-state index is -0.405. The first-order chi connectivity index (χ1) is 10.5. The second-order valence-electron chi connectivity index (χ2n) is 5.24. The van der Waals surface area contributed by atoms with Gasteiger partial charge in [-0.3, -0.25) is 0 Å². The Morgan fingerprint density at radius 1 is 1.18 bits per heavy atom. The highest BCUT2D eigenvalue weighted by Crippen LogP contribution is 2.21. The van der Waals surface area contributed by atoms with E-state index in [1.807, 2.05) is 58.0 Å². The Morgan fingerprint density at radius 3 is 2.41 bits per heavy atom. The molecule has 2 rings (SSSR count). The van der Waals surface area contributed by atoms with E-state index in [-0.39, 0.29) is 12.1 Å². The van der Waals surface area contributed by atoms with Crippen molar-refractivity contribution in [3.05, 3.63) is 30.3 Å². The molecule has 118 valence electrons. The molecule has 0 aliphatic carbocycles. The number of tetrazole rings is 1. The number of para-hydroxylation sites is 1. The largest absolute Gasteiger partial charge is 0.422 e. The second kappa shape index (κ2) is 7.26. The lowest BCUT2D eigenvalue weighted by atomic mass is 10.2. The molecule has 0 aliphatic heterocycles. The monoisotopic (exact) mass is 321 g/mol. The fourth-order valence-electron chi connectivity index (χ4n) is 2.10. The van der Waals surface area contributed by atoms with Gasteiger partial charge < -0.3 is 9.08 Å². The maximum Gasteiger partial charge on any atom is 0.422 e. The molecule has 0 unspecified atom stereocenters. The summed E-state index contributed by atoms with van der Waals surface area (Å²) in [5.74, 6) is 0. The maximum absolute atomic E-state index is 12.2. The SMILES string of the molecule is CC(C)N(C(=O)OSc1nnnn1-c1ccccc1)C(C)C. The lowest BCUT2D eigenvalue weighted by Gasteiger charge is -2.28. The molecular weight excluding hydrogens is 302 g/mol. The van der Waals surface area contributed by atoms with Gasteiger partial charge in [-0.2, -0.15) is 4.68 Å². The molecule has 8 heteroatoms. The van der Waals surface area contributed by atoms with Gasteiger partial charge in [-0.1, -0.05) is 23.3 Å². The molecule has 7 nitrogen and oxygen atoms in total. The molecule has 1 aromatic heterocycles. The summed E-state index contributed by atoms with van der Waals surface area (Å²) in [6, 6.07) is 9.53. The fourth-order valence-corrected chi connectivity index (χ4v) is 2.61. The van der Waals surface area contributed by atoms with Crippen LogP contribution in [0.15, 0.2) is 35.5 Å². The Labute approximate surface area is 133 Å². The van der Waals surface area contributed by atoms with Crippen molar-refractivity contribution in [1.82, 2.24) is 25.1 Å². The van der Waals surface area contributed by atoms with Crippen molar-refractivity contribution < 1.29 is 8.98 Å². The first-order valence-corrected chi connectivity index (χ1v) is 7.75. The van der Waals surface area contributed by atoms with Crippen LogP contribution in [-0.2, 0) is 4.18 Å². The van der Waals surface area contributed by atoms with Crippen LogP contribution in [0.4, 0.5) is 4.79 Å². The molecule has 0 aliphatic rings. The maximum atomic E-state index is 12.2. The normalized spacial score (nSPS) is 11.0. The van der Waals surface area contributed by atoms with E-state index in [1.165, 1.54) is 4.68 Å². The second-order valence-corrected chi connectivity index (χ2v) is 5.93. The summed E-state index contributed by atoms with van der Waals surface area (Å²) < 4.78 is 6.79. The average Bonchev–Trinajstić information content (AvgIpc) is 2.93. The number of carbonyl (C=O) groups is 1. The van der Waals surface area contributed by atoms with Crippen LogP contribution in [0.2, 0.25) is 0 Å². The summed E-state index contributed by atoms with van der Waals surface area (Å²) in [4.78, 5) is 13.8. The molecule has 1 heterocycles. The number of amides is 1. The van der Waals surface area contributed by atoms with Gasteiger partial charge in [0.15, 0.2) is 0 Å². The Balaban J connectivity index is 2.07. The minimum Gasteiger partial charge on any atom is -0.366 e. The van der Waals surface area contributed by atoms with Gasteiger partial charge in [-0.05, 0) is 50.3 Å². The zero-order chi connectivity index (χ0) is 16.1. The Bertz CT molecular complexity index is 607. The van der Waals surface area contributed by atoms with Crippen molar-refractivity contribution in [2.24, 2.45) is 0 Å². The molecule has 0 fully saturated rings. The van der Waals surface area contributed by atoms with E-state index in [0.29, 0.717) is 5.16 Å². The van der Waals surface area contributed by atoms with Crippen molar-refractivity contribution in [2.45, 2.75) is 44.9 Å². The molecule has 0 spiro atoms. The van der Waals surface area contributed by atoms with Crippen LogP contribution in [0.1, 0.15) is 27.7 Å². The standard InChI is InChI=1S/C14H19N5O2S/c1-10(2)18(11(3)4)14(20)21-22-13-15-16-17-19(13)12-8-6-5-7-9-12/h5-11H,1-4H3. The third-order valence-electron chi connectivity index (χ3n) is 2.95. The summed E-state index contributed by atoms with van der Waals surface area (Å²) in [5, 5.41) is 11.8. The zero-order valence-corrected chi connectivity index (χ0v) is 13.8. The highest BCUT2D eigenvalue weighted by molar-refractivity contribution is 7.94. The zero-order valence-electron chi connectivity index (χ0n) is 13.0. The van der Waals surface area contributed by atoms with Crippen LogP contribution in [0.5, 0.6) is 0 Å². The molecule has 0 bridgehead atoms. The number of aromatic nitrogens is 4. The van der Waals surface area contributed by atoms with E-state index < -0.39 is 6.09 Å². The van der Waals surface area contributed by atoms with Crippen LogP contribution in [0.25, 0.3) is 5.69 Å². The lowest BCUT2D eigenvalue weighted by molar-refractivity contribution is 0.129. The van der Waals surface area contributed by atoms with Crippen molar-refractivity contribution in [2.75, 3.05) is 0 Å². The van der Waals surface area contributed by atoms with Crippen molar-refractivity contribution in [3.63, 3.8) is 0 Å². The van der Waals surface area contributed by atoms with Crippen LogP contribution in [0, 0.1) is 0 Å². The van der Waals surface area contributed by atoms with E-state index in [2.05, 4.69) is 15.5 Å². The number of hydrogen-bond donors (Lipinski definition) is 0. The van der Waals surface area contributed by atoms with E-state index in [1.54, 1.807) is 4.90 Å². The summed E-state index contributed by atoms with van der Waals surface area (Å²) in [6.45, 7) is 7.78. The van der Waals surface area contributed by atoms with E-state index in [4.69, 9.17) is 4.18 Å². The fraction of sp³-hybridized carbons (Fsp3) is 0.429. The lowest BCUT2D eigenvalue weighted by Crippen LogP contribution is -2.41. The van der Waals surface area contributed by atoms with E-state index in [0.717, 1.165) is 17.7 Å². The molecule has 1 aromatic carbocycles. The van der Waals surface area contributed by atoms with Gasteiger partial charge in [0, 0.05) is 12.1 Å². The van der Waals surface area contributed by atoms with Crippen LogP contribution < -0.4 is 0 Å². The number of rotatable bonds is 5. The Hall–Kier alpha value is -2.09. The first kappa shape index (κ1) is 16.3. The molecular formula is C14H19N5O2S. The summed E-state index contributed by atoms with van der Waals surface area (Å²) in [5.41, 5.74) is 0.802. The van der Waals surface area contributed by atoms with Gasteiger partial charge in [0.2, 0.25) is 0 Å². The molecule has 2 aromatic rings. The number of benzene rings is 1. The predicted octanol–water partition coefficient (Wildman–Crippen LogP) is 2.92. The summed E-state index contributed by atoms with van der Waals surface area (Å²) in [6.07, 6.45) is -0.405. The van der Waals surface area contributed by atoms with Gasteiger partial charge in [-0.25, -0.2) is 4.79 Å². The van der Waals surface area contributed by atoms with Crippen LogP contribution in [-0.4, -0.2) is 43.3 Å². The topological polar surface area (TPSA) is 73.1 Å². The van der Waals surface area contributed by atoms with Gasteiger partial charge in [-0.15, -0.1) is 0 Å². The predicted molar refractivity (Wildman–Crippen MR) is 83.6 cm³/mol. The smallest absolute Gasteiger partial charge is 0.366 e. The van der Waals surface area contributed by atoms with E-state index in [9.17, 15) is 4.79 Å². The summed E-state index contributed by atoms with van der Waals surface area (Å²) >= 11 is 0.855. The van der Waals surface area contributed by atoms with Crippen molar-refractivity contribution in [3.8, 4) is 5.69 Å². The molecule has 0 atom stereocenters. The number of nitrogens with zero attached hydrogens (tertiary/aromatic N) is 5. The van der Waals surface area contributed by atoms with Gasteiger partial charge >= 0.3 is 6.09 Å². The highest BCUT2D eigenvalue weighted by Gasteiger charge is 2.23. The number of hydrogen-bond acceptors (Lipinski definition) is 6. The highest BCUT2D eigenvalue weighted by atomic mass is 32.2. The van der Waals surface area contributed by atoms with Crippen molar-refractivity contribution in [1.29, 1.82) is 0 Å².